The molecule has 0 saturated carbocycles. The summed E-state index contributed by atoms with van der Waals surface area (Å²) >= 11 is -2.65. The second-order valence-electron chi connectivity index (χ2n) is 11.5. The Morgan fingerprint density at radius 1 is 0.486 bits per heavy atom. The molecule has 37 heavy (non-hydrogen) atoms. The molecule has 4 aromatic carbocycles. The van der Waals surface area contributed by atoms with Crippen LogP contribution >= 0.6 is 0 Å². The Bertz CT molecular complexity index is 1480. The molecule has 0 heterocycles. The third-order valence-electron chi connectivity index (χ3n) is 9.06. The first kappa shape index (κ1) is 24.3. The third-order valence-corrected chi connectivity index (χ3v) is 16.7. The second kappa shape index (κ2) is 9.03. The summed E-state index contributed by atoms with van der Waals surface area (Å²) in [5.41, 5.74) is 17.6. The molecule has 0 aliphatic heterocycles. The number of fused-ring (bicyclic) bond motifs is 2. The minimum absolute atomic E-state index is 1.09. The van der Waals surface area contributed by atoms with Crippen LogP contribution in [0.4, 0.5) is 0 Å². The first-order valence-corrected chi connectivity index (χ1v) is 19.9. The van der Waals surface area contributed by atoms with E-state index in [0.29, 0.717) is 0 Å². The van der Waals surface area contributed by atoms with Crippen LogP contribution in [0.2, 0.25) is 11.5 Å². The van der Waals surface area contributed by atoms with Gasteiger partial charge < -0.3 is 0 Å². The standard InChI is InChI=1S/C36H36Ge/c1-23-21-31-33(19-17-29(35(31)25(23)3)27-13-9-7-10-14-27)37(5,6)34-20-18-30(28-15-11-8-12-16-28)36-26(4)24(2)22-32(34)36/h7-20H,21-22H2,1-6H3. The van der Waals surface area contributed by atoms with Gasteiger partial charge in [0.15, 0.2) is 0 Å². The van der Waals surface area contributed by atoms with Crippen molar-refractivity contribution in [2.45, 2.75) is 52.0 Å². The predicted octanol–water partition coefficient (Wildman–Crippen LogP) is 8.54. The van der Waals surface area contributed by atoms with E-state index < -0.39 is 13.3 Å². The van der Waals surface area contributed by atoms with E-state index >= 15 is 0 Å². The summed E-state index contributed by atoms with van der Waals surface area (Å²) < 4.78 is 3.31. The number of benzene rings is 4. The Morgan fingerprint density at radius 3 is 1.24 bits per heavy atom. The van der Waals surface area contributed by atoms with Gasteiger partial charge in [-0.15, -0.1) is 0 Å². The van der Waals surface area contributed by atoms with Gasteiger partial charge in [0.05, 0.1) is 0 Å². The zero-order valence-electron chi connectivity index (χ0n) is 23.0. The monoisotopic (exact) mass is 542 g/mol. The fourth-order valence-corrected chi connectivity index (χ4v) is 13.5. The maximum atomic E-state index is 2.63. The fraction of sp³-hybridized carbons (Fsp3) is 0.222. The van der Waals surface area contributed by atoms with Crippen molar-refractivity contribution in [2.24, 2.45) is 0 Å². The molecule has 0 N–H and O–H groups in total. The molecule has 2 aliphatic carbocycles. The summed E-state index contributed by atoms with van der Waals surface area (Å²) in [6.07, 6.45) is 2.18. The van der Waals surface area contributed by atoms with Gasteiger partial charge in [-0.05, 0) is 0 Å². The summed E-state index contributed by atoms with van der Waals surface area (Å²) in [7, 11) is 0. The van der Waals surface area contributed by atoms with Gasteiger partial charge >= 0.3 is 226 Å². The molecule has 0 unspecified atom stereocenters. The fourth-order valence-electron chi connectivity index (χ4n) is 6.77. The van der Waals surface area contributed by atoms with Crippen LogP contribution in [-0.4, -0.2) is 13.3 Å². The number of hydrogen-bond donors (Lipinski definition) is 0. The average molecular weight is 541 g/mol. The maximum absolute atomic E-state index is 2.65. The van der Waals surface area contributed by atoms with Crippen LogP contribution in [0.15, 0.2) is 96.1 Å². The molecule has 4 aromatic rings. The van der Waals surface area contributed by atoms with E-state index in [1.165, 1.54) is 55.7 Å². The van der Waals surface area contributed by atoms with Crippen molar-refractivity contribution in [2.75, 3.05) is 0 Å². The molecule has 0 nitrogen and oxygen atoms in total. The van der Waals surface area contributed by atoms with Gasteiger partial charge in [-0.25, -0.2) is 0 Å². The van der Waals surface area contributed by atoms with Crippen LogP contribution in [0.1, 0.15) is 49.9 Å². The molecule has 2 aliphatic rings. The van der Waals surface area contributed by atoms with Crippen molar-refractivity contribution in [3.8, 4) is 22.3 Å². The van der Waals surface area contributed by atoms with E-state index in [0.717, 1.165) is 12.8 Å². The number of rotatable bonds is 4. The van der Waals surface area contributed by atoms with Crippen molar-refractivity contribution < 1.29 is 0 Å². The topological polar surface area (TPSA) is 0 Å². The van der Waals surface area contributed by atoms with E-state index in [1.54, 1.807) is 19.9 Å². The molecule has 0 aromatic heterocycles. The first-order chi connectivity index (χ1) is 17.8. The van der Waals surface area contributed by atoms with Crippen molar-refractivity contribution in [1.82, 2.24) is 0 Å². The Morgan fingerprint density at radius 2 is 0.865 bits per heavy atom. The summed E-state index contributed by atoms with van der Waals surface area (Å²) in [4.78, 5) is 0. The van der Waals surface area contributed by atoms with Crippen molar-refractivity contribution in [1.29, 1.82) is 0 Å². The van der Waals surface area contributed by atoms with Crippen LogP contribution in [0, 0.1) is 0 Å². The van der Waals surface area contributed by atoms with Gasteiger partial charge in [-0.2, -0.15) is 0 Å². The quantitative estimate of drug-likeness (QED) is 0.227. The van der Waals surface area contributed by atoms with Crippen molar-refractivity contribution >= 4 is 33.2 Å². The molecule has 184 valence electrons. The molecular weight excluding hydrogens is 505 g/mol. The number of allylic oxidation sites excluding steroid dienone is 4. The second-order valence-corrected chi connectivity index (χ2v) is 20.6. The third kappa shape index (κ3) is 3.80. The Balaban J connectivity index is 1.55. The summed E-state index contributed by atoms with van der Waals surface area (Å²) in [6.45, 7) is 9.33. The van der Waals surface area contributed by atoms with E-state index in [4.69, 9.17) is 0 Å². The van der Waals surface area contributed by atoms with Crippen molar-refractivity contribution in [3.63, 3.8) is 0 Å². The van der Waals surface area contributed by atoms with Crippen LogP contribution in [0.5, 0.6) is 0 Å². The normalized spacial score (nSPS) is 14.9. The Kier molecular flexibility index (Phi) is 5.92. The molecule has 0 spiro atoms. The van der Waals surface area contributed by atoms with Gasteiger partial charge in [0.2, 0.25) is 0 Å². The van der Waals surface area contributed by atoms with Gasteiger partial charge in [0.1, 0.15) is 0 Å². The van der Waals surface area contributed by atoms with Crippen LogP contribution in [-0.2, 0) is 12.8 Å². The predicted molar refractivity (Wildman–Crippen MR) is 164 cm³/mol. The SMILES string of the molecule is CC1=C(C)c2c(-c3ccccc3)cc[c]([Ge]([CH3])([CH3])[c]3ccc(-c4ccccc4)c4c3CC(C)=C4C)c2C1. The zero-order chi connectivity index (χ0) is 25.9. The van der Waals surface area contributed by atoms with Crippen LogP contribution in [0.25, 0.3) is 33.4 Å². The van der Waals surface area contributed by atoms with Gasteiger partial charge in [0, 0.05) is 0 Å². The molecule has 6 rings (SSSR count). The molecule has 1 heteroatoms. The minimum atomic E-state index is -2.65. The van der Waals surface area contributed by atoms with Crippen LogP contribution < -0.4 is 8.79 Å². The summed E-state index contributed by atoms with van der Waals surface area (Å²) in [5, 5.41) is 0. The Labute approximate surface area is 225 Å². The Hall–Kier alpha value is -3.10. The average Bonchev–Trinajstić information content (AvgIpc) is 3.38. The first-order valence-electron chi connectivity index (χ1n) is 13.6. The van der Waals surface area contributed by atoms with Crippen LogP contribution in [0.3, 0.4) is 0 Å². The molecule has 0 bridgehead atoms. The van der Waals surface area contributed by atoms with Gasteiger partial charge in [-0.1, -0.05) is 0 Å². The summed E-state index contributed by atoms with van der Waals surface area (Å²) in [5.74, 6) is 5.25. The molecule has 0 saturated heterocycles. The van der Waals surface area contributed by atoms with E-state index in [2.05, 4.69) is 124 Å². The zero-order valence-corrected chi connectivity index (χ0v) is 25.1. The molecule has 0 radical (unpaired) electrons. The molecule has 0 atom stereocenters. The van der Waals surface area contributed by atoms with Gasteiger partial charge in [-0.3, -0.25) is 0 Å². The van der Waals surface area contributed by atoms with E-state index in [-0.39, 0.29) is 0 Å². The number of hydrogen-bond acceptors (Lipinski definition) is 0. The van der Waals surface area contributed by atoms with Crippen molar-refractivity contribution in [3.05, 3.63) is 118 Å². The molecule has 0 amide bonds. The molecule has 0 fully saturated rings. The van der Waals surface area contributed by atoms with E-state index in [1.807, 2.05) is 0 Å². The van der Waals surface area contributed by atoms with E-state index in [9.17, 15) is 0 Å². The van der Waals surface area contributed by atoms with Gasteiger partial charge in [0.25, 0.3) is 0 Å². The molecular formula is C36H36Ge. The summed E-state index contributed by atoms with van der Waals surface area (Å²) in [6, 6.07) is 31.8.